The summed E-state index contributed by atoms with van der Waals surface area (Å²) in [5.74, 6) is 0.904. The van der Waals surface area contributed by atoms with Gasteiger partial charge in [0.25, 0.3) is 0 Å². The Kier molecular flexibility index (Phi) is 10.1. The maximum atomic E-state index is 13.9. The minimum Gasteiger partial charge on any atom is -0.375 e. The van der Waals surface area contributed by atoms with Crippen molar-refractivity contribution < 1.29 is 9.13 Å². The molecule has 1 fully saturated rings. The van der Waals surface area contributed by atoms with E-state index < -0.39 is 0 Å². The lowest BCUT2D eigenvalue weighted by Gasteiger charge is -2.20. The number of benzene rings is 1. The smallest absolute Gasteiger partial charge is 0.191 e. The third-order valence-electron chi connectivity index (χ3n) is 4.53. The number of rotatable bonds is 8. The average molecular weight is 513 g/mol. The monoisotopic (exact) mass is 513 g/mol. The number of ether oxygens (including phenoxy) is 1. The first-order chi connectivity index (χ1) is 13.8. The van der Waals surface area contributed by atoms with E-state index in [1.807, 2.05) is 42.2 Å². The van der Waals surface area contributed by atoms with Crippen molar-refractivity contribution in [2.24, 2.45) is 4.99 Å². The predicted octanol–water partition coefficient (Wildman–Crippen LogP) is 3.19. The van der Waals surface area contributed by atoms with Gasteiger partial charge in [0.05, 0.1) is 19.8 Å². The van der Waals surface area contributed by atoms with Crippen LogP contribution in [-0.4, -0.2) is 49.8 Å². The Morgan fingerprint density at radius 1 is 1.28 bits per heavy atom. The Labute approximate surface area is 189 Å². The second kappa shape index (κ2) is 12.6. The van der Waals surface area contributed by atoms with Crippen LogP contribution in [0.4, 0.5) is 10.2 Å². The van der Waals surface area contributed by atoms with Crippen molar-refractivity contribution in [3.8, 4) is 0 Å². The van der Waals surface area contributed by atoms with Gasteiger partial charge in [-0.15, -0.1) is 24.0 Å². The lowest BCUT2D eigenvalue weighted by Crippen LogP contribution is -2.44. The van der Waals surface area contributed by atoms with Crippen molar-refractivity contribution in [3.63, 3.8) is 0 Å². The summed E-state index contributed by atoms with van der Waals surface area (Å²) in [5.41, 5.74) is 1.16. The van der Waals surface area contributed by atoms with Gasteiger partial charge in [-0.3, -0.25) is 4.99 Å². The second-order valence-corrected chi connectivity index (χ2v) is 6.68. The molecule has 8 heteroatoms. The van der Waals surface area contributed by atoms with Crippen LogP contribution in [0.5, 0.6) is 0 Å². The third kappa shape index (κ3) is 7.43. The fraction of sp³-hybridized carbons (Fsp3) is 0.429. The van der Waals surface area contributed by atoms with Gasteiger partial charge in [-0.25, -0.2) is 9.37 Å². The number of hydrogen-bond donors (Lipinski definition) is 2. The van der Waals surface area contributed by atoms with E-state index in [0.29, 0.717) is 32.1 Å². The van der Waals surface area contributed by atoms with Crippen molar-refractivity contribution in [1.29, 1.82) is 0 Å². The van der Waals surface area contributed by atoms with E-state index in [4.69, 9.17) is 4.74 Å². The minimum atomic E-state index is -0.278. The van der Waals surface area contributed by atoms with Crippen molar-refractivity contribution in [2.45, 2.75) is 26.0 Å². The molecule has 0 spiro atoms. The second-order valence-electron chi connectivity index (χ2n) is 6.68. The Bertz CT molecular complexity index is 762. The van der Waals surface area contributed by atoms with E-state index in [1.165, 1.54) is 6.07 Å². The van der Waals surface area contributed by atoms with Crippen LogP contribution >= 0.6 is 24.0 Å². The predicted molar refractivity (Wildman–Crippen MR) is 125 cm³/mol. The van der Waals surface area contributed by atoms with Crippen LogP contribution in [0.15, 0.2) is 53.7 Å². The Hall–Kier alpha value is -1.94. The molecule has 0 amide bonds. The average Bonchev–Trinajstić information content (AvgIpc) is 3.17. The molecule has 1 aromatic heterocycles. The Morgan fingerprint density at radius 2 is 2.10 bits per heavy atom. The highest BCUT2D eigenvalue weighted by molar-refractivity contribution is 14.0. The SMILES string of the molecule is CCNC(=NCCOCc1ccccc1)NC1CCN(c2ncccc2F)C1.I. The number of guanidine groups is 1. The van der Waals surface area contributed by atoms with E-state index in [-0.39, 0.29) is 35.8 Å². The lowest BCUT2D eigenvalue weighted by atomic mass is 10.2. The minimum absolute atomic E-state index is 0. The number of anilines is 1. The summed E-state index contributed by atoms with van der Waals surface area (Å²) in [6.07, 6.45) is 2.53. The number of nitrogens with zero attached hydrogens (tertiary/aromatic N) is 3. The lowest BCUT2D eigenvalue weighted by molar-refractivity contribution is 0.128. The van der Waals surface area contributed by atoms with E-state index in [2.05, 4.69) is 20.6 Å². The first-order valence-electron chi connectivity index (χ1n) is 9.78. The largest absolute Gasteiger partial charge is 0.375 e. The highest BCUT2D eigenvalue weighted by Gasteiger charge is 2.25. The molecule has 0 aliphatic carbocycles. The maximum absolute atomic E-state index is 13.9. The van der Waals surface area contributed by atoms with Crippen LogP contribution in [0.1, 0.15) is 18.9 Å². The van der Waals surface area contributed by atoms with E-state index in [1.54, 1.807) is 12.3 Å². The maximum Gasteiger partial charge on any atom is 0.191 e. The molecule has 2 N–H and O–H groups in total. The fourth-order valence-electron chi connectivity index (χ4n) is 3.18. The molecule has 1 aromatic carbocycles. The first-order valence-corrected chi connectivity index (χ1v) is 9.78. The molecule has 1 unspecified atom stereocenters. The molecule has 1 aliphatic rings. The number of nitrogens with one attached hydrogen (secondary N) is 2. The molecule has 158 valence electrons. The summed E-state index contributed by atoms with van der Waals surface area (Å²) in [7, 11) is 0. The zero-order chi connectivity index (χ0) is 19.6. The van der Waals surface area contributed by atoms with E-state index >= 15 is 0 Å². The number of hydrogen-bond acceptors (Lipinski definition) is 4. The van der Waals surface area contributed by atoms with Crippen molar-refractivity contribution >= 4 is 35.8 Å². The first kappa shape index (κ1) is 23.3. The molecule has 0 radical (unpaired) electrons. The molecule has 29 heavy (non-hydrogen) atoms. The third-order valence-corrected chi connectivity index (χ3v) is 4.53. The summed E-state index contributed by atoms with van der Waals surface area (Å²) in [5, 5.41) is 6.70. The quantitative estimate of drug-likeness (QED) is 0.246. The molecule has 6 nitrogen and oxygen atoms in total. The summed E-state index contributed by atoms with van der Waals surface area (Å²) < 4.78 is 19.6. The van der Waals surface area contributed by atoms with Crippen LogP contribution in [0.3, 0.4) is 0 Å². The van der Waals surface area contributed by atoms with Crippen LogP contribution in [0, 0.1) is 5.82 Å². The van der Waals surface area contributed by atoms with Gasteiger partial charge in [-0.2, -0.15) is 0 Å². The molecule has 0 bridgehead atoms. The zero-order valence-electron chi connectivity index (χ0n) is 16.7. The highest BCUT2D eigenvalue weighted by Crippen LogP contribution is 2.20. The zero-order valence-corrected chi connectivity index (χ0v) is 19.0. The van der Waals surface area contributed by atoms with Gasteiger partial charge in [0.2, 0.25) is 0 Å². The van der Waals surface area contributed by atoms with Gasteiger partial charge in [-0.1, -0.05) is 30.3 Å². The van der Waals surface area contributed by atoms with Crippen LogP contribution < -0.4 is 15.5 Å². The summed E-state index contributed by atoms with van der Waals surface area (Å²) in [6, 6.07) is 13.4. The van der Waals surface area contributed by atoms with Crippen molar-refractivity contribution in [1.82, 2.24) is 15.6 Å². The van der Waals surface area contributed by atoms with Gasteiger partial charge in [0, 0.05) is 31.9 Å². The Morgan fingerprint density at radius 3 is 2.86 bits per heavy atom. The number of pyridine rings is 1. The van der Waals surface area contributed by atoms with Gasteiger partial charge < -0.3 is 20.3 Å². The summed E-state index contributed by atoms with van der Waals surface area (Å²) in [6.45, 7) is 6.01. The van der Waals surface area contributed by atoms with E-state index in [9.17, 15) is 4.39 Å². The molecule has 1 aliphatic heterocycles. The summed E-state index contributed by atoms with van der Waals surface area (Å²) in [4.78, 5) is 10.7. The molecule has 2 heterocycles. The van der Waals surface area contributed by atoms with Crippen molar-refractivity contribution in [3.05, 3.63) is 60.0 Å². The molecular formula is C21H29FIN5O. The van der Waals surface area contributed by atoms with Gasteiger partial charge in [0.1, 0.15) is 0 Å². The topological polar surface area (TPSA) is 61.8 Å². The molecule has 0 saturated carbocycles. The molecular weight excluding hydrogens is 484 g/mol. The molecule has 3 rings (SSSR count). The van der Waals surface area contributed by atoms with Crippen molar-refractivity contribution in [2.75, 3.05) is 37.7 Å². The van der Waals surface area contributed by atoms with Crippen LogP contribution in [-0.2, 0) is 11.3 Å². The standard InChI is InChI=1S/C21H28FN5O.HI/c1-2-23-21(25-12-14-28-16-17-7-4-3-5-8-17)26-18-10-13-27(15-18)20-19(22)9-6-11-24-20;/h3-9,11,18H,2,10,12-16H2,1H3,(H2,23,25,26);1H. The van der Waals surface area contributed by atoms with Gasteiger partial charge >= 0.3 is 0 Å². The fourth-order valence-corrected chi connectivity index (χ4v) is 3.18. The number of halogens is 2. The van der Waals surface area contributed by atoms with Crippen LogP contribution in [0.2, 0.25) is 0 Å². The molecule has 1 atom stereocenters. The normalized spacial score (nSPS) is 16.4. The molecule has 2 aromatic rings. The number of aliphatic imine (C=N–C) groups is 1. The number of aromatic nitrogens is 1. The Balaban J connectivity index is 0.00000300. The van der Waals surface area contributed by atoms with Gasteiger partial charge in [-0.05, 0) is 31.0 Å². The van der Waals surface area contributed by atoms with Crippen LogP contribution in [0.25, 0.3) is 0 Å². The summed E-state index contributed by atoms with van der Waals surface area (Å²) >= 11 is 0. The molecule has 1 saturated heterocycles. The van der Waals surface area contributed by atoms with E-state index in [0.717, 1.165) is 31.0 Å². The highest BCUT2D eigenvalue weighted by atomic mass is 127. The van der Waals surface area contributed by atoms with Gasteiger partial charge in [0.15, 0.2) is 17.6 Å².